The van der Waals surface area contributed by atoms with Crippen molar-refractivity contribution in [1.29, 1.82) is 0 Å². The number of halogens is 1. The van der Waals surface area contributed by atoms with Crippen molar-refractivity contribution in [1.82, 2.24) is 5.32 Å². The monoisotopic (exact) mass is 401 g/mol. The van der Waals surface area contributed by atoms with Crippen LogP contribution in [0.15, 0.2) is 42.5 Å². The van der Waals surface area contributed by atoms with Crippen molar-refractivity contribution < 1.29 is 14.3 Å². The molecule has 1 aliphatic rings. The molecule has 148 valence electrons. The van der Waals surface area contributed by atoms with E-state index in [1.807, 2.05) is 37.3 Å². The van der Waals surface area contributed by atoms with Crippen molar-refractivity contribution in [2.45, 2.75) is 13.3 Å². The molecular weight excluding hydrogens is 378 g/mol. The first-order valence-electron chi connectivity index (χ1n) is 9.30. The highest BCUT2D eigenvalue weighted by atomic mass is 35.5. The van der Waals surface area contributed by atoms with Crippen LogP contribution in [-0.4, -0.2) is 44.7 Å². The van der Waals surface area contributed by atoms with E-state index in [2.05, 4.69) is 15.5 Å². The molecule has 0 aliphatic carbocycles. The van der Waals surface area contributed by atoms with Gasteiger partial charge in [-0.25, -0.2) is 0 Å². The van der Waals surface area contributed by atoms with Crippen LogP contribution in [0.4, 0.5) is 11.4 Å². The Balaban J connectivity index is 1.57. The number of aryl methyl sites for hydroxylation is 1. The molecule has 1 heterocycles. The fraction of sp³-hybridized carbons (Fsp3) is 0.333. The number of anilines is 2. The molecule has 2 amide bonds. The SMILES string of the molecule is Cc1ccccc1C(=O)NCCC(=O)Nc1cc(Cl)ccc1N1CCOCC1. The van der Waals surface area contributed by atoms with Crippen LogP contribution in [0, 0.1) is 6.92 Å². The molecule has 1 aliphatic heterocycles. The number of benzene rings is 2. The maximum absolute atomic E-state index is 12.4. The Bertz CT molecular complexity index is 851. The van der Waals surface area contributed by atoms with Gasteiger partial charge < -0.3 is 20.3 Å². The number of ether oxygens (including phenoxy) is 1. The van der Waals surface area contributed by atoms with E-state index in [-0.39, 0.29) is 24.8 Å². The van der Waals surface area contributed by atoms with Crippen molar-refractivity contribution in [3.05, 3.63) is 58.6 Å². The number of carbonyl (C=O) groups is 2. The number of nitrogens with one attached hydrogen (secondary N) is 2. The molecule has 2 N–H and O–H groups in total. The highest BCUT2D eigenvalue weighted by Gasteiger charge is 2.17. The van der Waals surface area contributed by atoms with Gasteiger partial charge in [-0.1, -0.05) is 29.8 Å². The van der Waals surface area contributed by atoms with E-state index < -0.39 is 0 Å². The van der Waals surface area contributed by atoms with E-state index >= 15 is 0 Å². The Hall–Kier alpha value is -2.57. The van der Waals surface area contributed by atoms with Gasteiger partial charge in [0.05, 0.1) is 24.6 Å². The molecule has 28 heavy (non-hydrogen) atoms. The third-order valence-electron chi connectivity index (χ3n) is 4.61. The zero-order valence-corrected chi connectivity index (χ0v) is 16.6. The average molecular weight is 402 g/mol. The minimum Gasteiger partial charge on any atom is -0.378 e. The van der Waals surface area contributed by atoms with Gasteiger partial charge in [-0.05, 0) is 36.8 Å². The zero-order valence-electron chi connectivity index (χ0n) is 15.8. The molecule has 0 atom stereocenters. The van der Waals surface area contributed by atoms with E-state index in [1.165, 1.54) is 0 Å². The van der Waals surface area contributed by atoms with Gasteiger partial charge in [0.25, 0.3) is 5.91 Å². The molecule has 0 spiro atoms. The topological polar surface area (TPSA) is 70.7 Å². The van der Waals surface area contributed by atoms with Crippen LogP contribution < -0.4 is 15.5 Å². The number of nitrogens with zero attached hydrogens (tertiary/aromatic N) is 1. The number of hydrogen-bond acceptors (Lipinski definition) is 4. The highest BCUT2D eigenvalue weighted by Crippen LogP contribution is 2.30. The van der Waals surface area contributed by atoms with Crippen LogP contribution in [0.1, 0.15) is 22.3 Å². The second kappa shape index (κ2) is 9.57. The van der Waals surface area contributed by atoms with Gasteiger partial charge in [0.1, 0.15) is 0 Å². The van der Waals surface area contributed by atoms with Gasteiger partial charge in [-0.15, -0.1) is 0 Å². The van der Waals surface area contributed by atoms with E-state index in [0.29, 0.717) is 29.5 Å². The van der Waals surface area contributed by atoms with Crippen LogP contribution in [-0.2, 0) is 9.53 Å². The molecule has 2 aromatic rings. The molecule has 3 rings (SSSR count). The quantitative estimate of drug-likeness (QED) is 0.779. The summed E-state index contributed by atoms with van der Waals surface area (Å²) in [6, 6.07) is 12.8. The fourth-order valence-electron chi connectivity index (χ4n) is 3.11. The van der Waals surface area contributed by atoms with Crippen LogP contribution in [0.2, 0.25) is 5.02 Å². The van der Waals surface area contributed by atoms with Gasteiger partial charge in [0.2, 0.25) is 5.91 Å². The summed E-state index contributed by atoms with van der Waals surface area (Å²) < 4.78 is 5.39. The minimum atomic E-state index is -0.179. The van der Waals surface area contributed by atoms with E-state index in [9.17, 15) is 9.59 Å². The molecule has 2 aromatic carbocycles. The summed E-state index contributed by atoms with van der Waals surface area (Å²) >= 11 is 6.12. The van der Waals surface area contributed by atoms with Crippen molar-refractivity contribution >= 4 is 34.8 Å². The first kappa shape index (κ1) is 20.2. The summed E-state index contributed by atoms with van der Waals surface area (Å²) in [6.07, 6.45) is 0.173. The van der Waals surface area contributed by atoms with Crippen LogP contribution >= 0.6 is 11.6 Å². The molecule has 0 aromatic heterocycles. The Morgan fingerprint density at radius 3 is 2.64 bits per heavy atom. The van der Waals surface area contributed by atoms with E-state index in [1.54, 1.807) is 12.1 Å². The number of hydrogen-bond donors (Lipinski definition) is 2. The second-order valence-electron chi connectivity index (χ2n) is 6.63. The third kappa shape index (κ3) is 5.24. The largest absolute Gasteiger partial charge is 0.378 e. The Kier molecular flexibility index (Phi) is 6.90. The van der Waals surface area contributed by atoms with Crippen LogP contribution in [0.5, 0.6) is 0 Å². The number of rotatable bonds is 6. The van der Waals surface area contributed by atoms with Gasteiger partial charge in [0, 0.05) is 36.6 Å². The predicted molar refractivity (Wildman–Crippen MR) is 111 cm³/mol. The summed E-state index contributed by atoms with van der Waals surface area (Å²) in [6.45, 7) is 4.97. The molecule has 7 heteroatoms. The Morgan fingerprint density at radius 2 is 1.89 bits per heavy atom. The van der Waals surface area contributed by atoms with Gasteiger partial charge in [-0.3, -0.25) is 9.59 Å². The van der Waals surface area contributed by atoms with Crippen molar-refractivity contribution in [3.8, 4) is 0 Å². The molecule has 1 saturated heterocycles. The maximum atomic E-state index is 12.4. The second-order valence-corrected chi connectivity index (χ2v) is 7.07. The lowest BCUT2D eigenvalue weighted by Crippen LogP contribution is -2.36. The normalized spacial score (nSPS) is 13.9. The average Bonchev–Trinajstić information content (AvgIpc) is 2.69. The lowest BCUT2D eigenvalue weighted by molar-refractivity contribution is -0.116. The van der Waals surface area contributed by atoms with E-state index in [4.69, 9.17) is 16.3 Å². The maximum Gasteiger partial charge on any atom is 0.251 e. The minimum absolute atomic E-state index is 0.173. The van der Waals surface area contributed by atoms with Crippen molar-refractivity contribution in [2.24, 2.45) is 0 Å². The summed E-state index contributed by atoms with van der Waals surface area (Å²) in [4.78, 5) is 26.8. The zero-order chi connectivity index (χ0) is 19.9. The lowest BCUT2D eigenvalue weighted by atomic mass is 10.1. The number of morpholine rings is 1. The summed E-state index contributed by atoms with van der Waals surface area (Å²) in [5, 5.41) is 6.27. The van der Waals surface area contributed by atoms with Gasteiger partial charge >= 0.3 is 0 Å². The molecule has 0 unspecified atom stereocenters. The van der Waals surface area contributed by atoms with Crippen LogP contribution in [0.3, 0.4) is 0 Å². The smallest absolute Gasteiger partial charge is 0.251 e. The van der Waals surface area contributed by atoms with E-state index in [0.717, 1.165) is 24.3 Å². The van der Waals surface area contributed by atoms with Crippen LogP contribution in [0.25, 0.3) is 0 Å². The molecule has 0 saturated carbocycles. The summed E-state index contributed by atoms with van der Waals surface area (Å²) in [5.74, 6) is -0.357. The molecular formula is C21H24ClN3O3. The number of amides is 2. The Labute approximate surface area is 169 Å². The highest BCUT2D eigenvalue weighted by molar-refractivity contribution is 6.31. The van der Waals surface area contributed by atoms with Crippen molar-refractivity contribution in [3.63, 3.8) is 0 Å². The standard InChI is InChI=1S/C21H24ClN3O3/c1-15-4-2-3-5-17(15)21(27)23-9-8-20(26)24-18-14-16(22)6-7-19(18)25-10-12-28-13-11-25/h2-7,14H,8-13H2,1H3,(H,23,27)(H,24,26). The lowest BCUT2D eigenvalue weighted by Gasteiger charge is -2.30. The first-order valence-corrected chi connectivity index (χ1v) is 9.68. The fourth-order valence-corrected chi connectivity index (χ4v) is 3.29. The molecule has 0 bridgehead atoms. The van der Waals surface area contributed by atoms with Gasteiger partial charge in [-0.2, -0.15) is 0 Å². The molecule has 6 nitrogen and oxygen atoms in total. The number of carbonyl (C=O) groups excluding carboxylic acids is 2. The predicted octanol–water partition coefficient (Wildman–Crippen LogP) is 3.24. The third-order valence-corrected chi connectivity index (χ3v) is 4.85. The summed E-state index contributed by atoms with van der Waals surface area (Å²) in [5.41, 5.74) is 3.11. The molecule has 1 fully saturated rings. The summed E-state index contributed by atoms with van der Waals surface area (Å²) in [7, 11) is 0. The molecule has 0 radical (unpaired) electrons. The Morgan fingerprint density at radius 1 is 1.14 bits per heavy atom. The first-order chi connectivity index (χ1) is 13.5. The van der Waals surface area contributed by atoms with Gasteiger partial charge in [0.15, 0.2) is 0 Å². The van der Waals surface area contributed by atoms with Crippen molar-refractivity contribution in [2.75, 3.05) is 43.1 Å².